The number of carbonyl (C=O) groups excluding carboxylic acids is 2. The predicted molar refractivity (Wildman–Crippen MR) is 95.4 cm³/mol. The Balaban J connectivity index is 1.82. The predicted octanol–water partition coefficient (Wildman–Crippen LogP) is 2.40. The summed E-state index contributed by atoms with van der Waals surface area (Å²) in [5.74, 6) is -0.196. The van der Waals surface area contributed by atoms with E-state index >= 15 is 0 Å². The average Bonchev–Trinajstić information content (AvgIpc) is 2.95. The monoisotopic (exact) mass is 337 g/mol. The van der Waals surface area contributed by atoms with Gasteiger partial charge in [-0.05, 0) is 29.7 Å². The van der Waals surface area contributed by atoms with E-state index in [0.717, 1.165) is 16.7 Å². The summed E-state index contributed by atoms with van der Waals surface area (Å²) in [5.41, 5.74) is 3.27. The highest BCUT2D eigenvalue weighted by Crippen LogP contribution is 2.22. The van der Waals surface area contributed by atoms with Crippen molar-refractivity contribution >= 4 is 11.8 Å². The molecule has 0 aliphatic carbocycles. The summed E-state index contributed by atoms with van der Waals surface area (Å²) in [4.78, 5) is 32.5. The number of benzene rings is 1. The number of likely N-dealkylation sites (tertiary alicyclic amines) is 1. The van der Waals surface area contributed by atoms with Crippen molar-refractivity contribution in [3.63, 3.8) is 0 Å². The molecule has 0 spiro atoms. The van der Waals surface area contributed by atoms with E-state index in [9.17, 15) is 9.59 Å². The van der Waals surface area contributed by atoms with Crippen LogP contribution in [0.4, 0.5) is 0 Å². The van der Waals surface area contributed by atoms with Gasteiger partial charge in [0, 0.05) is 45.5 Å². The standard InChI is InChI=1S/C20H23N3O2/c1-15-6-3-4-8-17(15)14-23(12-16-7-5-9-21-11-16)20(25)18-10-19(24)22(2)13-18/h3-9,11,18H,10,12-14H2,1-2H3/t18-/m0/s1. The van der Waals surface area contributed by atoms with Gasteiger partial charge >= 0.3 is 0 Å². The molecule has 1 aliphatic heterocycles. The molecule has 1 aromatic heterocycles. The minimum atomic E-state index is -0.266. The van der Waals surface area contributed by atoms with Crippen molar-refractivity contribution < 1.29 is 9.59 Å². The molecular formula is C20H23N3O2. The van der Waals surface area contributed by atoms with Gasteiger partial charge in [0.25, 0.3) is 0 Å². The van der Waals surface area contributed by atoms with Crippen LogP contribution in [0.3, 0.4) is 0 Å². The molecule has 0 unspecified atom stereocenters. The number of nitrogens with zero attached hydrogens (tertiary/aromatic N) is 3. The van der Waals surface area contributed by atoms with E-state index in [4.69, 9.17) is 0 Å². The number of aromatic nitrogens is 1. The number of aryl methyl sites for hydroxylation is 1. The van der Waals surface area contributed by atoms with Crippen LogP contribution in [-0.4, -0.2) is 40.2 Å². The lowest BCUT2D eigenvalue weighted by Gasteiger charge is -2.26. The minimum absolute atomic E-state index is 0.0322. The van der Waals surface area contributed by atoms with Crippen LogP contribution in [0.15, 0.2) is 48.8 Å². The Morgan fingerprint density at radius 3 is 2.68 bits per heavy atom. The van der Waals surface area contributed by atoms with E-state index in [1.54, 1.807) is 24.3 Å². The first kappa shape index (κ1) is 17.1. The number of pyridine rings is 1. The molecule has 3 rings (SSSR count). The SMILES string of the molecule is Cc1ccccc1CN(Cc1cccnc1)C(=O)[C@H]1CC(=O)N(C)C1. The third-order valence-corrected chi connectivity index (χ3v) is 4.72. The Morgan fingerprint density at radius 2 is 2.04 bits per heavy atom. The van der Waals surface area contributed by atoms with Crippen molar-refractivity contribution in [2.24, 2.45) is 5.92 Å². The summed E-state index contributed by atoms with van der Waals surface area (Å²) in [5, 5.41) is 0. The van der Waals surface area contributed by atoms with Gasteiger partial charge < -0.3 is 9.80 Å². The summed E-state index contributed by atoms with van der Waals surface area (Å²) in [6.45, 7) is 3.58. The van der Waals surface area contributed by atoms with E-state index < -0.39 is 0 Å². The molecule has 25 heavy (non-hydrogen) atoms. The highest BCUT2D eigenvalue weighted by molar-refractivity contribution is 5.89. The van der Waals surface area contributed by atoms with Crippen LogP contribution in [0.1, 0.15) is 23.1 Å². The highest BCUT2D eigenvalue weighted by Gasteiger charge is 2.34. The van der Waals surface area contributed by atoms with E-state index in [2.05, 4.69) is 18.0 Å². The summed E-state index contributed by atoms with van der Waals surface area (Å²) >= 11 is 0. The number of hydrogen-bond donors (Lipinski definition) is 0. The van der Waals surface area contributed by atoms with Crippen LogP contribution >= 0.6 is 0 Å². The van der Waals surface area contributed by atoms with Crippen LogP contribution in [0.2, 0.25) is 0 Å². The van der Waals surface area contributed by atoms with Crippen LogP contribution in [0, 0.1) is 12.8 Å². The van der Waals surface area contributed by atoms with Gasteiger partial charge in [0.1, 0.15) is 0 Å². The summed E-state index contributed by atoms with van der Waals surface area (Å²) in [6.07, 6.45) is 3.80. The largest absolute Gasteiger partial charge is 0.345 e. The van der Waals surface area contributed by atoms with Gasteiger partial charge in [0.15, 0.2) is 0 Å². The zero-order chi connectivity index (χ0) is 17.8. The van der Waals surface area contributed by atoms with Crippen molar-refractivity contribution in [2.75, 3.05) is 13.6 Å². The first-order valence-corrected chi connectivity index (χ1v) is 8.50. The Morgan fingerprint density at radius 1 is 1.24 bits per heavy atom. The normalized spacial score (nSPS) is 17.0. The van der Waals surface area contributed by atoms with Crippen LogP contribution < -0.4 is 0 Å². The lowest BCUT2D eigenvalue weighted by molar-refractivity contribution is -0.137. The zero-order valence-electron chi connectivity index (χ0n) is 14.7. The molecule has 1 aliphatic rings. The molecule has 0 bridgehead atoms. The Kier molecular flexibility index (Phi) is 5.12. The number of amides is 2. The fraction of sp³-hybridized carbons (Fsp3) is 0.350. The second-order valence-electron chi connectivity index (χ2n) is 6.66. The summed E-state index contributed by atoms with van der Waals surface area (Å²) in [6, 6.07) is 11.9. The van der Waals surface area contributed by atoms with E-state index in [0.29, 0.717) is 26.1 Å². The summed E-state index contributed by atoms with van der Waals surface area (Å²) in [7, 11) is 1.75. The highest BCUT2D eigenvalue weighted by atomic mass is 16.2. The molecule has 5 nitrogen and oxygen atoms in total. The van der Waals surface area contributed by atoms with Crippen molar-refractivity contribution in [2.45, 2.75) is 26.4 Å². The van der Waals surface area contributed by atoms with Gasteiger partial charge in [0.05, 0.1) is 5.92 Å². The van der Waals surface area contributed by atoms with Crippen molar-refractivity contribution in [1.29, 1.82) is 0 Å². The summed E-state index contributed by atoms with van der Waals surface area (Å²) < 4.78 is 0. The van der Waals surface area contributed by atoms with Gasteiger partial charge in [-0.3, -0.25) is 14.6 Å². The molecule has 0 N–H and O–H groups in total. The first-order valence-electron chi connectivity index (χ1n) is 8.50. The number of carbonyl (C=O) groups is 2. The van der Waals surface area contributed by atoms with Gasteiger partial charge in [0.2, 0.25) is 11.8 Å². The minimum Gasteiger partial charge on any atom is -0.345 e. The number of hydrogen-bond acceptors (Lipinski definition) is 3. The zero-order valence-corrected chi connectivity index (χ0v) is 14.7. The van der Waals surface area contributed by atoms with Crippen molar-refractivity contribution in [3.8, 4) is 0 Å². The molecular weight excluding hydrogens is 314 g/mol. The second kappa shape index (κ2) is 7.47. The fourth-order valence-corrected chi connectivity index (χ4v) is 3.20. The first-order chi connectivity index (χ1) is 12.0. The molecule has 130 valence electrons. The number of rotatable bonds is 5. The lowest BCUT2D eigenvalue weighted by Crippen LogP contribution is -2.36. The molecule has 1 aromatic carbocycles. The van der Waals surface area contributed by atoms with Crippen molar-refractivity contribution in [1.82, 2.24) is 14.8 Å². The topological polar surface area (TPSA) is 53.5 Å². The average molecular weight is 337 g/mol. The second-order valence-corrected chi connectivity index (χ2v) is 6.66. The molecule has 2 heterocycles. The van der Waals surface area contributed by atoms with Gasteiger partial charge in [-0.15, -0.1) is 0 Å². The Labute approximate surface area is 148 Å². The molecule has 0 radical (unpaired) electrons. The molecule has 2 aromatic rings. The third kappa shape index (κ3) is 4.05. The van der Waals surface area contributed by atoms with E-state index in [-0.39, 0.29) is 17.7 Å². The maximum Gasteiger partial charge on any atom is 0.228 e. The maximum absolute atomic E-state index is 13.1. The van der Waals surface area contributed by atoms with Crippen LogP contribution in [-0.2, 0) is 22.7 Å². The molecule has 2 amide bonds. The van der Waals surface area contributed by atoms with Crippen LogP contribution in [0.5, 0.6) is 0 Å². The lowest BCUT2D eigenvalue weighted by atomic mass is 10.0. The third-order valence-electron chi connectivity index (χ3n) is 4.72. The Hall–Kier alpha value is -2.69. The fourth-order valence-electron chi connectivity index (χ4n) is 3.20. The van der Waals surface area contributed by atoms with E-state index in [1.165, 1.54) is 0 Å². The quantitative estimate of drug-likeness (QED) is 0.842. The Bertz CT molecular complexity index is 761. The van der Waals surface area contributed by atoms with Gasteiger partial charge in [-0.1, -0.05) is 30.3 Å². The molecule has 1 atom stereocenters. The maximum atomic E-state index is 13.1. The molecule has 1 saturated heterocycles. The molecule has 1 fully saturated rings. The van der Waals surface area contributed by atoms with Crippen LogP contribution in [0.25, 0.3) is 0 Å². The molecule has 5 heteroatoms. The molecule has 0 saturated carbocycles. The van der Waals surface area contributed by atoms with Gasteiger partial charge in [-0.2, -0.15) is 0 Å². The van der Waals surface area contributed by atoms with Gasteiger partial charge in [-0.25, -0.2) is 0 Å². The van der Waals surface area contributed by atoms with E-state index in [1.807, 2.05) is 35.2 Å². The van der Waals surface area contributed by atoms with Crippen molar-refractivity contribution in [3.05, 3.63) is 65.5 Å². The smallest absolute Gasteiger partial charge is 0.228 e.